The molecule has 1 aliphatic heterocycles. The van der Waals surface area contributed by atoms with Crippen molar-refractivity contribution in [1.82, 2.24) is 10.2 Å². The fraction of sp³-hybridized carbons (Fsp3) is 0.350. The topological polar surface area (TPSA) is 152 Å². The quantitative estimate of drug-likeness (QED) is 0.329. The van der Waals surface area contributed by atoms with Gasteiger partial charge in [0.05, 0.1) is 13.7 Å². The maximum absolute atomic E-state index is 12.1. The molecule has 10 nitrogen and oxygen atoms in total. The van der Waals surface area contributed by atoms with E-state index in [1.165, 1.54) is 30.2 Å². The van der Waals surface area contributed by atoms with Gasteiger partial charge in [-0.05, 0) is 32.1 Å². The van der Waals surface area contributed by atoms with Crippen molar-refractivity contribution in [2.45, 2.75) is 19.4 Å². The second-order valence-electron chi connectivity index (χ2n) is 7.35. The van der Waals surface area contributed by atoms with Crippen LogP contribution in [0.5, 0.6) is 17.2 Å². The zero-order chi connectivity index (χ0) is 22.3. The highest BCUT2D eigenvalue weighted by Crippen LogP contribution is 2.36. The summed E-state index contributed by atoms with van der Waals surface area (Å²) < 4.78 is 10.6. The SMILES string of the molecule is COc1cccc(OC2=CC(=O)N(CC(=O)N=C(N)/C=C\NCC(C)(C)N)C2)c1O. The summed E-state index contributed by atoms with van der Waals surface area (Å²) in [5.74, 6) is -0.505. The van der Waals surface area contributed by atoms with Crippen molar-refractivity contribution < 1.29 is 24.2 Å². The lowest BCUT2D eigenvalue weighted by molar-refractivity contribution is -0.129. The third-order valence-corrected chi connectivity index (χ3v) is 3.88. The van der Waals surface area contributed by atoms with E-state index < -0.39 is 17.4 Å². The van der Waals surface area contributed by atoms with Crippen molar-refractivity contribution in [2.75, 3.05) is 26.7 Å². The molecule has 1 heterocycles. The van der Waals surface area contributed by atoms with Gasteiger partial charge in [-0.25, -0.2) is 0 Å². The minimum Gasteiger partial charge on any atom is -0.502 e. The summed E-state index contributed by atoms with van der Waals surface area (Å²) in [6.07, 6.45) is 4.24. The molecule has 0 spiro atoms. The number of para-hydroxylation sites is 1. The molecule has 0 aliphatic carbocycles. The molecule has 0 bridgehead atoms. The number of nitrogens with one attached hydrogen (secondary N) is 1. The van der Waals surface area contributed by atoms with Gasteiger partial charge >= 0.3 is 0 Å². The van der Waals surface area contributed by atoms with Gasteiger partial charge in [0.2, 0.25) is 5.75 Å². The van der Waals surface area contributed by atoms with E-state index in [2.05, 4.69) is 10.3 Å². The average Bonchev–Trinajstić information content (AvgIpc) is 2.98. The van der Waals surface area contributed by atoms with E-state index in [0.717, 1.165) is 0 Å². The fourth-order valence-electron chi connectivity index (χ4n) is 2.47. The first-order valence-electron chi connectivity index (χ1n) is 9.18. The third-order valence-electron chi connectivity index (χ3n) is 3.88. The number of hydrogen-bond acceptors (Lipinski definition) is 7. The molecule has 1 aliphatic rings. The highest BCUT2D eigenvalue weighted by atomic mass is 16.5. The molecule has 6 N–H and O–H groups in total. The van der Waals surface area contributed by atoms with Gasteiger partial charge in [-0.1, -0.05) is 6.07 Å². The molecular weight excluding hydrogens is 390 g/mol. The van der Waals surface area contributed by atoms with Crippen LogP contribution in [0.4, 0.5) is 0 Å². The van der Waals surface area contributed by atoms with Crippen LogP contribution < -0.4 is 26.3 Å². The minimum atomic E-state index is -0.580. The van der Waals surface area contributed by atoms with Crippen molar-refractivity contribution in [2.24, 2.45) is 16.5 Å². The number of phenols is 1. The zero-order valence-electron chi connectivity index (χ0n) is 17.2. The molecule has 0 atom stereocenters. The number of ether oxygens (including phenoxy) is 2. The summed E-state index contributed by atoms with van der Waals surface area (Å²) in [6, 6.07) is 4.75. The summed E-state index contributed by atoms with van der Waals surface area (Å²) in [5, 5.41) is 13.0. The molecule has 0 fully saturated rings. The Balaban J connectivity index is 1.89. The van der Waals surface area contributed by atoms with Crippen LogP contribution in [0.3, 0.4) is 0 Å². The van der Waals surface area contributed by atoms with Crippen LogP contribution in [0.25, 0.3) is 0 Å². The number of aromatic hydroxyl groups is 1. The second kappa shape index (κ2) is 9.79. The van der Waals surface area contributed by atoms with Gasteiger partial charge in [-0.15, -0.1) is 0 Å². The van der Waals surface area contributed by atoms with Crippen LogP contribution in [0.2, 0.25) is 0 Å². The Morgan fingerprint density at radius 1 is 1.40 bits per heavy atom. The number of amides is 2. The highest BCUT2D eigenvalue weighted by molar-refractivity contribution is 6.02. The molecule has 0 aromatic heterocycles. The Kier molecular flexibility index (Phi) is 7.43. The molecule has 2 rings (SSSR count). The van der Waals surface area contributed by atoms with Gasteiger partial charge in [0, 0.05) is 24.4 Å². The third kappa shape index (κ3) is 6.82. The van der Waals surface area contributed by atoms with Gasteiger partial charge < -0.3 is 36.3 Å². The van der Waals surface area contributed by atoms with E-state index >= 15 is 0 Å². The van der Waals surface area contributed by atoms with Crippen molar-refractivity contribution in [3.8, 4) is 17.2 Å². The molecule has 0 saturated carbocycles. The molecule has 10 heteroatoms. The lowest BCUT2D eigenvalue weighted by atomic mass is 10.1. The lowest BCUT2D eigenvalue weighted by Gasteiger charge is -2.17. The van der Waals surface area contributed by atoms with E-state index in [1.54, 1.807) is 18.3 Å². The smallest absolute Gasteiger partial charge is 0.267 e. The lowest BCUT2D eigenvalue weighted by Crippen LogP contribution is -2.41. The summed E-state index contributed by atoms with van der Waals surface area (Å²) in [6.45, 7) is 4.04. The predicted molar refractivity (Wildman–Crippen MR) is 112 cm³/mol. The largest absolute Gasteiger partial charge is 0.502 e. The molecule has 1 aromatic rings. The molecule has 0 unspecified atom stereocenters. The first-order valence-corrected chi connectivity index (χ1v) is 9.18. The number of benzene rings is 1. The number of nitrogens with zero attached hydrogens (tertiary/aromatic N) is 2. The Hall–Kier alpha value is -3.53. The van der Waals surface area contributed by atoms with Crippen LogP contribution in [0.1, 0.15) is 13.8 Å². The molecule has 0 saturated heterocycles. The van der Waals surface area contributed by atoms with Crippen LogP contribution >= 0.6 is 0 Å². The van der Waals surface area contributed by atoms with Crippen molar-refractivity contribution in [1.29, 1.82) is 0 Å². The number of rotatable bonds is 9. The van der Waals surface area contributed by atoms with Crippen LogP contribution in [-0.2, 0) is 9.59 Å². The normalized spacial score (nSPS) is 14.8. The van der Waals surface area contributed by atoms with E-state index in [1.807, 2.05) is 13.8 Å². The van der Waals surface area contributed by atoms with Gasteiger partial charge in [-0.2, -0.15) is 4.99 Å². The molecule has 162 valence electrons. The molecule has 30 heavy (non-hydrogen) atoms. The number of aliphatic imine (C=N–C) groups is 1. The number of methoxy groups -OCH3 is 1. The number of carbonyl (C=O) groups is 2. The number of carbonyl (C=O) groups excluding carboxylic acids is 2. The van der Waals surface area contributed by atoms with E-state index in [0.29, 0.717) is 6.54 Å². The van der Waals surface area contributed by atoms with E-state index in [4.69, 9.17) is 20.9 Å². The van der Waals surface area contributed by atoms with Gasteiger partial charge in [0.25, 0.3) is 11.8 Å². The highest BCUT2D eigenvalue weighted by Gasteiger charge is 2.26. The standard InChI is InChI=1S/C20H27N5O5/c1-20(2,22)12-23-8-7-16(21)24-17(26)11-25-10-13(9-18(25)27)30-15-6-4-5-14(29-3)19(15)28/h4-9,23,28H,10-12,22H2,1-3H3,(H2,21,24,26)/b8-7-. The minimum absolute atomic E-state index is 0.000269. The zero-order valence-corrected chi connectivity index (χ0v) is 17.2. The van der Waals surface area contributed by atoms with E-state index in [9.17, 15) is 14.7 Å². The van der Waals surface area contributed by atoms with Crippen LogP contribution in [0, 0.1) is 0 Å². The van der Waals surface area contributed by atoms with Crippen molar-refractivity contribution >= 4 is 17.6 Å². The van der Waals surface area contributed by atoms with Crippen molar-refractivity contribution in [3.63, 3.8) is 0 Å². The van der Waals surface area contributed by atoms with Gasteiger partial charge in [0.15, 0.2) is 11.5 Å². The van der Waals surface area contributed by atoms with Crippen LogP contribution in [-0.4, -0.2) is 59.9 Å². The first-order chi connectivity index (χ1) is 14.1. The number of amidine groups is 1. The Morgan fingerprint density at radius 3 is 2.77 bits per heavy atom. The summed E-state index contributed by atoms with van der Waals surface area (Å²) >= 11 is 0. The molecular formula is C20H27N5O5. The Bertz CT molecular complexity index is 886. The Morgan fingerprint density at radius 2 is 2.10 bits per heavy atom. The Labute approximate surface area is 174 Å². The second-order valence-corrected chi connectivity index (χ2v) is 7.35. The number of nitrogens with two attached hydrogens (primary N) is 2. The average molecular weight is 417 g/mol. The first kappa shape index (κ1) is 22.8. The van der Waals surface area contributed by atoms with Gasteiger partial charge in [-0.3, -0.25) is 9.59 Å². The molecule has 0 radical (unpaired) electrons. The maximum atomic E-state index is 12.1. The molecule has 2 amide bonds. The predicted octanol–water partition coefficient (Wildman–Crippen LogP) is 0.230. The number of hydrogen-bond donors (Lipinski definition) is 4. The molecule has 1 aromatic carbocycles. The monoisotopic (exact) mass is 417 g/mol. The van der Waals surface area contributed by atoms with Crippen molar-refractivity contribution in [3.05, 3.63) is 42.3 Å². The summed E-state index contributed by atoms with van der Waals surface area (Å²) in [5.41, 5.74) is 11.1. The summed E-state index contributed by atoms with van der Waals surface area (Å²) in [4.78, 5) is 29.2. The van der Waals surface area contributed by atoms with E-state index in [-0.39, 0.29) is 41.9 Å². The van der Waals surface area contributed by atoms with Gasteiger partial charge in [0.1, 0.15) is 18.1 Å². The maximum Gasteiger partial charge on any atom is 0.267 e. The fourth-order valence-corrected chi connectivity index (χ4v) is 2.47. The number of phenolic OH excluding ortho intramolecular Hbond substituents is 1. The summed E-state index contributed by atoms with van der Waals surface area (Å²) in [7, 11) is 1.42. The van der Waals surface area contributed by atoms with Crippen LogP contribution in [0.15, 0.2) is 47.3 Å².